The third kappa shape index (κ3) is 3.33. The summed E-state index contributed by atoms with van der Waals surface area (Å²) in [6, 6.07) is 15.9. The summed E-state index contributed by atoms with van der Waals surface area (Å²) < 4.78 is 2.14. The number of nitrogens with zero attached hydrogens (tertiary/aromatic N) is 4. The fourth-order valence-electron chi connectivity index (χ4n) is 4.30. The zero-order valence-corrected chi connectivity index (χ0v) is 18.3. The highest BCUT2D eigenvalue weighted by Crippen LogP contribution is 2.40. The molecule has 0 aliphatic carbocycles. The van der Waals surface area contributed by atoms with Crippen molar-refractivity contribution in [2.45, 2.75) is 26.7 Å². The van der Waals surface area contributed by atoms with E-state index in [1.807, 2.05) is 38.1 Å². The van der Waals surface area contributed by atoms with Gasteiger partial charge in [0.25, 0.3) is 0 Å². The normalized spacial score (nSPS) is 15.4. The number of nitrogens with one attached hydrogen (secondary N) is 1. The smallest absolute Gasteiger partial charge is 0.248 e. The fraction of sp³-hybridized carbons (Fsp3) is 0.208. The minimum atomic E-state index is -0.0996. The number of fused-ring (bicyclic) bond motifs is 3. The van der Waals surface area contributed by atoms with Gasteiger partial charge in [-0.25, -0.2) is 0 Å². The molecule has 1 atom stereocenters. The topological polar surface area (TPSA) is 66.8 Å². The lowest BCUT2D eigenvalue weighted by Gasteiger charge is -2.27. The van der Waals surface area contributed by atoms with Crippen molar-refractivity contribution in [3.8, 4) is 16.8 Å². The molecule has 2 aromatic carbocycles. The molecule has 0 saturated carbocycles. The van der Waals surface area contributed by atoms with Crippen LogP contribution in [-0.4, -0.2) is 26.3 Å². The molecule has 2 aromatic heterocycles. The van der Waals surface area contributed by atoms with Crippen LogP contribution in [0.25, 0.3) is 16.8 Å². The molecule has 0 fully saturated rings. The Bertz CT molecular complexity index is 1340. The summed E-state index contributed by atoms with van der Waals surface area (Å²) in [6.07, 6.45) is 1.78. The van der Waals surface area contributed by atoms with Gasteiger partial charge < -0.3 is 9.88 Å². The summed E-state index contributed by atoms with van der Waals surface area (Å²) in [5.41, 5.74) is 6.01. The van der Waals surface area contributed by atoms with Gasteiger partial charge in [-0.1, -0.05) is 24.6 Å². The number of hydrogen-bond donors (Lipinski definition) is 1. The highest BCUT2D eigenvalue weighted by Gasteiger charge is 2.28. The van der Waals surface area contributed by atoms with Gasteiger partial charge in [0.1, 0.15) is 11.6 Å². The number of aryl methyl sites for hydroxylation is 2. The van der Waals surface area contributed by atoms with E-state index < -0.39 is 0 Å². The van der Waals surface area contributed by atoms with Crippen LogP contribution >= 0.6 is 11.6 Å². The molecule has 0 bridgehead atoms. The van der Waals surface area contributed by atoms with Crippen LogP contribution in [0.1, 0.15) is 30.1 Å². The fourth-order valence-corrected chi connectivity index (χ4v) is 4.42. The van der Waals surface area contributed by atoms with Crippen LogP contribution < -0.4 is 10.5 Å². The average molecular weight is 432 g/mol. The van der Waals surface area contributed by atoms with E-state index in [2.05, 4.69) is 49.8 Å². The third-order valence-electron chi connectivity index (χ3n) is 5.83. The number of aromatic amines is 1. The SMILES string of the molecule is Cc1cc(=O)[nH]cc1-c1ccc2c(c1)N(c1ccc(Cl)cc1)C[C@@H](C)c1nnc(C)n1-2. The Balaban J connectivity index is 1.76. The summed E-state index contributed by atoms with van der Waals surface area (Å²) in [6.45, 7) is 6.85. The number of aromatic nitrogens is 4. The van der Waals surface area contributed by atoms with E-state index in [-0.39, 0.29) is 11.5 Å². The number of pyridine rings is 1. The first-order valence-electron chi connectivity index (χ1n) is 10.2. The van der Waals surface area contributed by atoms with E-state index in [4.69, 9.17) is 11.6 Å². The molecule has 0 spiro atoms. The molecule has 7 heteroatoms. The number of halogens is 1. The summed E-state index contributed by atoms with van der Waals surface area (Å²) >= 11 is 6.15. The monoisotopic (exact) mass is 431 g/mol. The van der Waals surface area contributed by atoms with Gasteiger partial charge in [-0.2, -0.15) is 0 Å². The zero-order chi connectivity index (χ0) is 21.7. The van der Waals surface area contributed by atoms with Crippen molar-refractivity contribution in [3.05, 3.63) is 87.3 Å². The lowest BCUT2D eigenvalue weighted by atomic mass is 10.0. The van der Waals surface area contributed by atoms with Crippen molar-refractivity contribution < 1.29 is 0 Å². The molecule has 6 nitrogen and oxygen atoms in total. The van der Waals surface area contributed by atoms with Crippen molar-refractivity contribution in [2.24, 2.45) is 0 Å². The molecule has 31 heavy (non-hydrogen) atoms. The minimum absolute atomic E-state index is 0.0996. The molecule has 1 aliphatic rings. The third-order valence-corrected chi connectivity index (χ3v) is 6.09. The van der Waals surface area contributed by atoms with Gasteiger partial charge in [-0.05, 0) is 61.4 Å². The largest absolute Gasteiger partial charge is 0.339 e. The predicted octanol–water partition coefficient (Wildman–Crippen LogP) is 5.15. The molecule has 0 unspecified atom stereocenters. The van der Waals surface area contributed by atoms with E-state index in [1.54, 1.807) is 12.3 Å². The molecule has 1 N–H and O–H groups in total. The molecular formula is C24H22ClN5O. The maximum atomic E-state index is 11.7. The molecular weight excluding hydrogens is 410 g/mol. The maximum Gasteiger partial charge on any atom is 0.248 e. The Kier molecular flexibility index (Phi) is 4.67. The van der Waals surface area contributed by atoms with E-state index in [0.717, 1.165) is 51.9 Å². The standard InChI is InChI=1S/C24H22ClN5O/c1-14-10-23(31)26-12-20(14)17-4-9-21-22(11-17)29(19-7-5-18(25)6-8-19)13-15(2)24-28-27-16(3)30(21)24/h4-12,15H,13H2,1-3H3,(H,26,31)/t15-/m1/s1. The summed E-state index contributed by atoms with van der Waals surface area (Å²) in [5, 5.41) is 9.51. The van der Waals surface area contributed by atoms with Crippen molar-refractivity contribution >= 4 is 23.0 Å². The second-order valence-electron chi connectivity index (χ2n) is 8.03. The molecule has 0 amide bonds. The van der Waals surface area contributed by atoms with Gasteiger partial charge in [-0.3, -0.25) is 9.36 Å². The highest BCUT2D eigenvalue weighted by molar-refractivity contribution is 6.30. The molecule has 4 aromatic rings. The van der Waals surface area contributed by atoms with Crippen LogP contribution in [0.5, 0.6) is 0 Å². The summed E-state index contributed by atoms with van der Waals surface area (Å²) in [5.74, 6) is 1.97. The number of H-pyrrole nitrogens is 1. The second-order valence-corrected chi connectivity index (χ2v) is 8.46. The van der Waals surface area contributed by atoms with Crippen LogP contribution in [0, 0.1) is 13.8 Å². The van der Waals surface area contributed by atoms with Crippen LogP contribution in [0.3, 0.4) is 0 Å². The first-order chi connectivity index (χ1) is 14.9. The van der Waals surface area contributed by atoms with Crippen LogP contribution in [0.15, 0.2) is 59.5 Å². The molecule has 3 heterocycles. The van der Waals surface area contributed by atoms with Crippen molar-refractivity contribution in [1.82, 2.24) is 19.7 Å². The van der Waals surface area contributed by atoms with E-state index in [1.165, 1.54) is 0 Å². The van der Waals surface area contributed by atoms with Crippen molar-refractivity contribution in [2.75, 3.05) is 11.4 Å². The van der Waals surface area contributed by atoms with Crippen molar-refractivity contribution in [1.29, 1.82) is 0 Å². The average Bonchev–Trinajstić information content (AvgIpc) is 3.08. The van der Waals surface area contributed by atoms with Gasteiger partial charge in [0, 0.05) is 41.0 Å². The van der Waals surface area contributed by atoms with Gasteiger partial charge >= 0.3 is 0 Å². The van der Waals surface area contributed by atoms with Crippen LogP contribution in [0.4, 0.5) is 11.4 Å². The van der Waals surface area contributed by atoms with Gasteiger partial charge in [0.15, 0.2) is 0 Å². The number of benzene rings is 2. The predicted molar refractivity (Wildman–Crippen MR) is 124 cm³/mol. The van der Waals surface area contributed by atoms with Gasteiger partial charge in [0.05, 0.1) is 11.4 Å². The van der Waals surface area contributed by atoms with Crippen LogP contribution in [-0.2, 0) is 0 Å². The molecule has 1 aliphatic heterocycles. The first-order valence-corrected chi connectivity index (χ1v) is 10.6. The maximum absolute atomic E-state index is 11.7. The molecule has 5 rings (SSSR count). The molecule has 0 saturated heterocycles. The number of rotatable bonds is 2. The molecule has 0 radical (unpaired) electrons. The Morgan fingerprint density at radius 1 is 1.03 bits per heavy atom. The van der Waals surface area contributed by atoms with Gasteiger partial charge in [0.2, 0.25) is 5.56 Å². The number of anilines is 2. The highest BCUT2D eigenvalue weighted by atomic mass is 35.5. The quantitative estimate of drug-likeness (QED) is 0.476. The van der Waals surface area contributed by atoms with Crippen LogP contribution in [0.2, 0.25) is 5.02 Å². The van der Waals surface area contributed by atoms with E-state index in [9.17, 15) is 4.79 Å². The summed E-state index contributed by atoms with van der Waals surface area (Å²) in [7, 11) is 0. The zero-order valence-electron chi connectivity index (χ0n) is 17.6. The lowest BCUT2D eigenvalue weighted by Crippen LogP contribution is -2.22. The lowest BCUT2D eigenvalue weighted by molar-refractivity contribution is 0.696. The van der Waals surface area contributed by atoms with E-state index >= 15 is 0 Å². The van der Waals surface area contributed by atoms with Crippen molar-refractivity contribution in [3.63, 3.8) is 0 Å². The Hall–Kier alpha value is -3.38. The first kappa shape index (κ1) is 19.6. The Labute approximate surface area is 185 Å². The van der Waals surface area contributed by atoms with Gasteiger partial charge in [-0.15, -0.1) is 10.2 Å². The Morgan fingerprint density at radius 3 is 2.55 bits per heavy atom. The minimum Gasteiger partial charge on any atom is -0.339 e. The number of hydrogen-bond acceptors (Lipinski definition) is 4. The van der Waals surface area contributed by atoms with E-state index in [0.29, 0.717) is 5.02 Å². The molecule has 156 valence electrons. The second kappa shape index (κ2) is 7.39. The Morgan fingerprint density at radius 2 is 1.81 bits per heavy atom. The summed E-state index contributed by atoms with van der Waals surface area (Å²) in [4.78, 5) is 16.8.